The van der Waals surface area contributed by atoms with Crippen molar-refractivity contribution in [3.63, 3.8) is 0 Å². The van der Waals surface area contributed by atoms with E-state index in [-0.39, 0.29) is 0 Å². The van der Waals surface area contributed by atoms with Crippen molar-refractivity contribution in [3.8, 4) is 17.1 Å². The number of aromatic nitrogens is 3. The first kappa shape index (κ1) is 17.7. The fourth-order valence-corrected chi connectivity index (χ4v) is 2.90. The third-order valence-corrected chi connectivity index (χ3v) is 4.30. The second-order valence-corrected chi connectivity index (χ2v) is 6.50. The van der Waals surface area contributed by atoms with Gasteiger partial charge in [0.2, 0.25) is 0 Å². The molecule has 28 heavy (non-hydrogen) atoms. The van der Waals surface area contributed by atoms with Crippen molar-refractivity contribution in [2.45, 2.75) is 20.0 Å². The number of nitrogens with zero attached hydrogens (tertiary/aromatic N) is 3. The van der Waals surface area contributed by atoms with Crippen LogP contribution in [0.3, 0.4) is 0 Å². The fraction of sp³-hybridized carbons (Fsp3) is 0.136. The maximum Gasteiger partial charge on any atom is 0.170 e. The van der Waals surface area contributed by atoms with Crippen LogP contribution in [0.25, 0.3) is 11.3 Å². The average Bonchev–Trinajstić information content (AvgIpc) is 3.16. The molecule has 0 atom stereocenters. The van der Waals surface area contributed by atoms with Crippen LogP contribution in [0.4, 0.5) is 5.82 Å². The molecule has 0 unspecified atom stereocenters. The maximum atomic E-state index is 5.89. The molecular formula is C22H20N4O2. The van der Waals surface area contributed by atoms with Crippen molar-refractivity contribution in [2.24, 2.45) is 0 Å². The first-order chi connectivity index (χ1) is 13.7. The Labute approximate surface area is 163 Å². The Kier molecular flexibility index (Phi) is 5.01. The summed E-state index contributed by atoms with van der Waals surface area (Å²) < 4.78 is 11.2. The van der Waals surface area contributed by atoms with Gasteiger partial charge >= 0.3 is 0 Å². The van der Waals surface area contributed by atoms with Crippen molar-refractivity contribution in [2.75, 3.05) is 5.73 Å². The Morgan fingerprint density at radius 3 is 2.64 bits per heavy atom. The molecule has 0 aliphatic heterocycles. The summed E-state index contributed by atoms with van der Waals surface area (Å²) in [5.74, 6) is 1.84. The van der Waals surface area contributed by atoms with E-state index in [1.165, 1.54) is 0 Å². The van der Waals surface area contributed by atoms with E-state index >= 15 is 0 Å². The molecule has 0 amide bonds. The van der Waals surface area contributed by atoms with Crippen LogP contribution < -0.4 is 10.5 Å². The van der Waals surface area contributed by atoms with Crippen LogP contribution in [0.5, 0.6) is 5.75 Å². The van der Waals surface area contributed by atoms with Crippen molar-refractivity contribution in [1.82, 2.24) is 15.1 Å². The van der Waals surface area contributed by atoms with E-state index in [0.717, 1.165) is 34.0 Å². The SMILES string of the molecule is Cc1cccc(COc2ccc(Cc3cc(-c4cccnc4N)on3)cc2)n1. The summed E-state index contributed by atoms with van der Waals surface area (Å²) in [4.78, 5) is 8.51. The van der Waals surface area contributed by atoms with Crippen molar-refractivity contribution in [3.05, 3.63) is 89.5 Å². The number of anilines is 1. The predicted octanol–water partition coefficient (Wildman–Crippen LogP) is 4.19. The lowest BCUT2D eigenvalue weighted by atomic mass is 10.1. The minimum absolute atomic E-state index is 0.426. The zero-order valence-corrected chi connectivity index (χ0v) is 15.5. The van der Waals surface area contributed by atoms with E-state index in [2.05, 4.69) is 15.1 Å². The number of nitrogen functional groups attached to an aromatic ring is 1. The van der Waals surface area contributed by atoms with Crippen LogP contribution in [0, 0.1) is 6.92 Å². The van der Waals surface area contributed by atoms with Crippen LogP contribution in [0.15, 0.2) is 71.4 Å². The summed E-state index contributed by atoms with van der Waals surface area (Å²) in [5.41, 5.74) is 10.5. The Morgan fingerprint density at radius 2 is 1.86 bits per heavy atom. The molecule has 140 valence electrons. The van der Waals surface area contributed by atoms with Gasteiger partial charge in [-0.25, -0.2) is 4.98 Å². The Bertz CT molecular complexity index is 1070. The number of rotatable bonds is 6. The molecule has 1 aromatic carbocycles. The van der Waals surface area contributed by atoms with Gasteiger partial charge in [-0.2, -0.15) is 0 Å². The molecule has 2 N–H and O–H groups in total. The van der Waals surface area contributed by atoms with Gasteiger partial charge in [0.1, 0.15) is 18.2 Å². The first-order valence-corrected chi connectivity index (χ1v) is 8.98. The molecule has 0 spiro atoms. The highest BCUT2D eigenvalue weighted by molar-refractivity contribution is 5.69. The van der Waals surface area contributed by atoms with Crippen LogP contribution in [0.1, 0.15) is 22.6 Å². The molecule has 4 rings (SSSR count). The molecule has 0 saturated heterocycles. The molecule has 0 saturated carbocycles. The topological polar surface area (TPSA) is 87.1 Å². The van der Waals surface area contributed by atoms with Crippen LogP contribution in [-0.2, 0) is 13.0 Å². The van der Waals surface area contributed by atoms with E-state index < -0.39 is 0 Å². The van der Waals surface area contributed by atoms with Crippen LogP contribution in [0.2, 0.25) is 0 Å². The molecule has 0 bridgehead atoms. The minimum atomic E-state index is 0.426. The highest BCUT2D eigenvalue weighted by atomic mass is 16.5. The number of benzene rings is 1. The predicted molar refractivity (Wildman–Crippen MR) is 107 cm³/mol. The molecule has 6 nitrogen and oxygen atoms in total. The second kappa shape index (κ2) is 7.92. The lowest BCUT2D eigenvalue weighted by molar-refractivity contribution is 0.301. The van der Waals surface area contributed by atoms with Crippen molar-refractivity contribution >= 4 is 5.82 Å². The average molecular weight is 372 g/mol. The van der Waals surface area contributed by atoms with E-state index in [1.807, 2.05) is 67.6 Å². The molecule has 3 heterocycles. The smallest absolute Gasteiger partial charge is 0.170 e. The van der Waals surface area contributed by atoms with Gasteiger partial charge in [-0.1, -0.05) is 23.4 Å². The standard InChI is InChI=1S/C22H20N4O2/c1-15-4-2-5-17(25-15)14-27-19-9-7-16(8-10-19)12-18-13-21(28-26-18)20-6-3-11-24-22(20)23/h2-11,13H,12,14H2,1H3,(H2,23,24). The molecule has 0 radical (unpaired) electrons. The zero-order valence-electron chi connectivity index (χ0n) is 15.5. The minimum Gasteiger partial charge on any atom is -0.487 e. The quantitative estimate of drug-likeness (QED) is 0.546. The van der Waals surface area contributed by atoms with Gasteiger partial charge in [-0.05, 0) is 48.9 Å². The van der Waals surface area contributed by atoms with Gasteiger partial charge in [0.05, 0.1) is 17.0 Å². The number of ether oxygens (including phenoxy) is 1. The summed E-state index contributed by atoms with van der Waals surface area (Å²) in [5, 5.41) is 4.14. The van der Waals surface area contributed by atoms with Crippen LogP contribution in [-0.4, -0.2) is 15.1 Å². The van der Waals surface area contributed by atoms with E-state index in [1.54, 1.807) is 6.20 Å². The molecule has 4 aromatic rings. The zero-order chi connectivity index (χ0) is 19.3. The largest absolute Gasteiger partial charge is 0.487 e. The Balaban J connectivity index is 1.39. The number of hydrogen-bond donors (Lipinski definition) is 1. The fourth-order valence-electron chi connectivity index (χ4n) is 2.90. The monoisotopic (exact) mass is 372 g/mol. The first-order valence-electron chi connectivity index (χ1n) is 8.98. The highest BCUT2D eigenvalue weighted by Crippen LogP contribution is 2.25. The summed E-state index contributed by atoms with van der Waals surface area (Å²) in [6, 6.07) is 19.4. The molecule has 0 aliphatic rings. The van der Waals surface area contributed by atoms with Gasteiger partial charge in [0, 0.05) is 24.4 Å². The summed E-state index contributed by atoms with van der Waals surface area (Å²) in [7, 11) is 0. The third-order valence-electron chi connectivity index (χ3n) is 4.30. The lowest BCUT2D eigenvalue weighted by Gasteiger charge is -2.07. The maximum absolute atomic E-state index is 5.89. The molecular weight excluding hydrogens is 352 g/mol. The second-order valence-electron chi connectivity index (χ2n) is 6.50. The van der Waals surface area contributed by atoms with Crippen molar-refractivity contribution in [1.29, 1.82) is 0 Å². The van der Waals surface area contributed by atoms with Crippen molar-refractivity contribution < 1.29 is 9.26 Å². The van der Waals surface area contributed by atoms with E-state index in [9.17, 15) is 0 Å². The van der Waals surface area contributed by atoms with E-state index in [4.69, 9.17) is 15.0 Å². The lowest BCUT2D eigenvalue weighted by Crippen LogP contribution is -1.99. The molecule has 0 fully saturated rings. The molecule has 0 aliphatic carbocycles. The molecule has 6 heteroatoms. The van der Waals surface area contributed by atoms with Crippen LogP contribution >= 0.6 is 0 Å². The normalized spacial score (nSPS) is 10.8. The summed E-state index contributed by atoms with van der Waals surface area (Å²) in [6.07, 6.45) is 2.30. The summed E-state index contributed by atoms with van der Waals surface area (Å²) in [6.45, 7) is 2.41. The van der Waals surface area contributed by atoms with E-state index in [0.29, 0.717) is 24.6 Å². The summed E-state index contributed by atoms with van der Waals surface area (Å²) >= 11 is 0. The van der Waals surface area contributed by atoms with Gasteiger partial charge in [-0.15, -0.1) is 0 Å². The number of aryl methyl sites for hydroxylation is 1. The van der Waals surface area contributed by atoms with Gasteiger partial charge in [-0.3, -0.25) is 4.98 Å². The van der Waals surface area contributed by atoms with Gasteiger partial charge in [0.25, 0.3) is 0 Å². The number of pyridine rings is 2. The van der Waals surface area contributed by atoms with Gasteiger partial charge in [0.15, 0.2) is 5.76 Å². The Morgan fingerprint density at radius 1 is 1.00 bits per heavy atom. The third kappa shape index (κ3) is 4.17. The molecule has 3 aromatic heterocycles. The van der Waals surface area contributed by atoms with Gasteiger partial charge < -0.3 is 15.0 Å². The number of hydrogen-bond acceptors (Lipinski definition) is 6. The number of nitrogens with two attached hydrogens (primary N) is 1. The highest BCUT2D eigenvalue weighted by Gasteiger charge is 2.10. The Hall–Kier alpha value is -3.67.